The molecule has 0 atom stereocenters. The molecule has 7 heteroatoms. The average Bonchev–Trinajstić information content (AvgIpc) is 3.10. The van der Waals surface area contributed by atoms with E-state index in [0.717, 1.165) is 21.9 Å². The maximum Gasteiger partial charge on any atom is 0.229 e. The first-order chi connectivity index (χ1) is 10.2. The summed E-state index contributed by atoms with van der Waals surface area (Å²) in [7, 11) is 1.65. The van der Waals surface area contributed by atoms with Gasteiger partial charge in [0.25, 0.3) is 0 Å². The molecule has 1 aromatic carbocycles. The van der Waals surface area contributed by atoms with E-state index in [-0.39, 0.29) is 5.92 Å². The number of benzene rings is 1. The zero-order valence-electron chi connectivity index (χ0n) is 12.1. The minimum atomic E-state index is 0.245. The zero-order valence-corrected chi connectivity index (χ0v) is 12.9. The molecule has 2 heterocycles. The van der Waals surface area contributed by atoms with E-state index in [1.165, 1.54) is 0 Å². The highest BCUT2D eigenvalue weighted by Gasteiger charge is 2.11. The summed E-state index contributed by atoms with van der Waals surface area (Å²) in [6, 6.07) is 5.75. The Bertz CT molecular complexity index is 750. The minimum absolute atomic E-state index is 0.245. The van der Waals surface area contributed by atoms with Gasteiger partial charge in [-0.05, 0) is 12.1 Å². The van der Waals surface area contributed by atoms with Crippen LogP contribution in [0.4, 0.5) is 0 Å². The third-order valence-corrected chi connectivity index (χ3v) is 3.85. The number of H-pyrrole nitrogens is 1. The molecule has 0 amide bonds. The first kappa shape index (κ1) is 13.9. The standard InChI is InChI=1S/C14H16N4O2S/c1-8(2)13-17-12(18-20-13)7-21-14-15-10-5-4-9(19-3)6-11(10)16-14/h4-6,8H,7H2,1-3H3,(H,15,16). The van der Waals surface area contributed by atoms with E-state index >= 15 is 0 Å². The number of hydrogen-bond acceptors (Lipinski definition) is 6. The fourth-order valence-electron chi connectivity index (χ4n) is 1.85. The molecule has 6 nitrogen and oxygen atoms in total. The fraction of sp³-hybridized carbons (Fsp3) is 0.357. The predicted octanol–water partition coefficient (Wildman–Crippen LogP) is 3.37. The second kappa shape index (κ2) is 5.77. The molecule has 0 spiro atoms. The number of thioether (sulfide) groups is 1. The van der Waals surface area contributed by atoms with Crippen LogP contribution in [0.1, 0.15) is 31.5 Å². The summed E-state index contributed by atoms with van der Waals surface area (Å²) in [5.41, 5.74) is 1.86. The van der Waals surface area contributed by atoms with Crippen LogP contribution in [-0.4, -0.2) is 27.2 Å². The molecule has 21 heavy (non-hydrogen) atoms. The van der Waals surface area contributed by atoms with Crippen molar-refractivity contribution in [1.82, 2.24) is 20.1 Å². The number of ether oxygens (including phenoxy) is 1. The monoisotopic (exact) mass is 304 g/mol. The van der Waals surface area contributed by atoms with Gasteiger partial charge < -0.3 is 14.2 Å². The molecule has 0 unspecified atom stereocenters. The number of aromatic nitrogens is 4. The van der Waals surface area contributed by atoms with Crippen molar-refractivity contribution in [2.24, 2.45) is 0 Å². The van der Waals surface area contributed by atoms with Crippen LogP contribution in [-0.2, 0) is 5.75 Å². The number of nitrogens with one attached hydrogen (secondary N) is 1. The molecule has 0 fully saturated rings. The second-order valence-electron chi connectivity index (χ2n) is 4.92. The van der Waals surface area contributed by atoms with Crippen molar-refractivity contribution in [2.75, 3.05) is 7.11 Å². The Morgan fingerprint density at radius 1 is 1.33 bits per heavy atom. The molecule has 2 aromatic heterocycles. The fourth-order valence-corrected chi connectivity index (χ4v) is 2.58. The highest BCUT2D eigenvalue weighted by Crippen LogP contribution is 2.25. The third kappa shape index (κ3) is 3.02. The van der Waals surface area contributed by atoms with E-state index in [2.05, 4.69) is 20.1 Å². The van der Waals surface area contributed by atoms with E-state index in [9.17, 15) is 0 Å². The Morgan fingerprint density at radius 2 is 2.19 bits per heavy atom. The van der Waals surface area contributed by atoms with Crippen molar-refractivity contribution < 1.29 is 9.26 Å². The van der Waals surface area contributed by atoms with Gasteiger partial charge in [0.05, 0.1) is 23.9 Å². The Morgan fingerprint density at radius 3 is 2.90 bits per heavy atom. The predicted molar refractivity (Wildman–Crippen MR) is 80.6 cm³/mol. The molecule has 1 N–H and O–H groups in total. The molecule has 0 radical (unpaired) electrons. The summed E-state index contributed by atoms with van der Waals surface area (Å²) in [4.78, 5) is 12.1. The van der Waals surface area contributed by atoms with Crippen molar-refractivity contribution in [3.8, 4) is 5.75 Å². The van der Waals surface area contributed by atoms with Crippen LogP contribution in [0.25, 0.3) is 11.0 Å². The molecule has 0 saturated heterocycles. The summed E-state index contributed by atoms with van der Waals surface area (Å²) >= 11 is 1.55. The van der Waals surface area contributed by atoms with Gasteiger partial charge in [-0.15, -0.1) is 0 Å². The van der Waals surface area contributed by atoms with Crippen LogP contribution in [0.15, 0.2) is 27.9 Å². The molecule has 0 aliphatic heterocycles. The molecule has 0 aliphatic rings. The SMILES string of the molecule is COc1ccc2nc(SCc3noc(C(C)C)n3)[nH]c2c1. The van der Waals surface area contributed by atoms with Crippen LogP contribution < -0.4 is 4.74 Å². The van der Waals surface area contributed by atoms with Gasteiger partial charge in [-0.1, -0.05) is 30.8 Å². The molecule has 110 valence electrons. The number of hydrogen-bond donors (Lipinski definition) is 1. The maximum atomic E-state index is 5.20. The topological polar surface area (TPSA) is 76.8 Å². The van der Waals surface area contributed by atoms with E-state index in [0.29, 0.717) is 17.5 Å². The molecule has 0 bridgehead atoms. The van der Waals surface area contributed by atoms with Crippen LogP contribution in [0.2, 0.25) is 0 Å². The lowest BCUT2D eigenvalue weighted by atomic mass is 10.2. The Kier molecular flexibility index (Phi) is 3.83. The maximum absolute atomic E-state index is 5.20. The van der Waals surface area contributed by atoms with Gasteiger partial charge in [-0.25, -0.2) is 4.98 Å². The van der Waals surface area contributed by atoms with Crippen LogP contribution in [0, 0.1) is 0 Å². The minimum Gasteiger partial charge on any atom is -0.497 e. The molecule has 0 saturated carbocycles. The van der Waals surface area contributed by atoms with Crippen LogP contribution in [0.5, 0.6) is 5.75 Å². The van der Waals surface area contributed by atoms with Crippen LogP contribution >= 0.6 is 11.8 Å². The zero-order chi connectivity index (χ0) is 14.8. The normalized spacial score (nSPS) is 11.4. The lowest BCUT2D eigenvalue weighted by molar-refractivity contribution is 0.362. The first-order valence-corrected chi connectivity index (χ1v) is 7.63. The first-order valence-electron chi connectivity index (χ1n) is 6.64. The van der Waals surface area contributed by atoms with E-state index in [4.69, 9.17) is 9.26 Å². The summed E-state index contributed by atoms with van der Waals surface area (Å²) in [6.07, 6.45) is 0. The van der Waals surface area contributed by atoms with Gasteiger partial charge in [0.2, 0.25) is 5.89 Å². The number of aromatic amines is 1. The van der Waals surface area contributed by atoms with Crippen molar-refractivity contribution in [3.05, 3.63) is 29.9 Å². The summed E-state index contributed by atoms with van der Waals surface area (Å²) in [5, 5.41) is 4.79. The van der Waals surface area contributed by atoms with Gasteiger partial charge in [0.15, 0.2) is 11.0 Å². The third-order valence-electron chi connectivity index (χ3n) is 2.98. The second-order valence-corrected chi connectivity index (χ2v) is 5.88. The smallest absolute Gasteiger partial charge is 0.229 e. The highest BCUT2D eigenvalue weighted by atomic mass is 32.2. The summed E-state index contributed by atoms with van der Waals surface area (Å²) in [6.45, 7) is 4.05. The quantitative estimate of drug-likeness (QED) is 0.728. The van der Waals surface area contributed by atoms with E-state index < -0.39 is 0 Å². The summed E-state index contributed by atoms with van der Waals surface area (Å²) < 4.78 is 10.4. The molecular weight excluding hydrogens is 288 g/mol. The number of nitrogens with zero attached hydrogens (tertiary/aromatic N) is 3. The lowest BCUT2D eigenvalue weighted by Gasteiger charge is -1.96. The van der Waals surface area contributed by atoms with Crippen molar-refractivity contribution in [3.63, 3.8) is 0 Å². The lowest BCUT2D eigenvalue weighted by Crippen LogP contribution is -1.88. The Balaban J connectivity index is 1.72. The van der Waals surface area contributed by atoms with Gasteiger partial charge in [0.1, 0.15) is 5.75 Å². The highest BCUT2D eigenvalue weighted by molar-refractivity contribution is 7.98. The van der Waals surface area contributed by atoms with Gasteiger partial charge in [0, 0.05) is 12.0 Å². The Hall–Kier alpha value is -2.02. The van der Waals surface area contributed by atoms with E-state index in [1.54, 1.807) is 18.9 Å². The average molecular weight is 304 g/mol. The van der Waals surface area contributed by atoms with Crippen molar-refractivity contribution >= 4 is 22.8 Å². The van der Waals surface area contributed by atoms with Crippen molar-refractivity contribution in [2.45, 2.75) is 30.7 Å². The Labute approximate surface area is 126 Å². The molecule has 3 aromatic rings. The molecular formula is C14H16N4O2S. The number of rotatable bonds is 5. The summed E-state index contributed by atoms with van der Waals surface area (Å²) in [5.74, 6) is 3.02. The molecule has 3 rings (SSSR count). The van der Waals surface area contributed by atoms with Gasteiger partial charge in [-0.2, -0.15) is 4.98 Å². The molecule has 0 aliphatic carbocycles. The number of fused-ring (bicyclic) bond motifs is 1. The van der Waals surface area contributed by atoms with Gasteiger partial charge in [-0.3, -0.25) is 0 Å². The largest absolute Gasteiger partial charge is 0.497 e. The number of imidazole rings is 1. The van der Waals surface area contributed by atoms with Gasteiger partial charge >= 0.3 is 0 Å². The van der Waals surface area contributed by atoms with E-state index in [1.807, 2.05) is 32.0 Å². The number of methoxy groups -OCH3 is 1. The van der Waals surface area contributed by atoms with Crippen LogP contribution in [0.3, 0.4) is 0 Å². The van der Waals surface area contributed by atoms with Crippen molar-refractivity contribution in [1.29, 1.82) is 0 Å².